The summed E-state index contributed by atoms with van der Waals surface area (Å²) >= 11 is 5.75. The van der Waals surface area contributed by atoms with Crippen molar-refractivity contribution in [3.8, 4) is 5.75 Å². The smallest absolute Gasteiger partial charge is 0.346 e. The topological polar surface area (TPSA) is 26.3 Å². The molecule has 0 spiro atoms. The predicted molar refractivity (Wildman–Crippen MR) is 62.7 cm³/mol. The normalized spacial score (nSPS) is 10.3. The van der Waals surface area contributed by atoms with Crippen molar-refractivity contribution in [2.24, 2.45) is 0 Å². The van der Waals surface area contributed by atoms with Crippen LogP contribution in [0, 0.1) is 17.5 Å². The summed E-state index contributed by atoms with van der Waals surface area (Å²) in [5.41, 5.74) is -0.709. The fourth-order valence-electron chi connectivity index (χ4n) is 1.37. The first-order valence-corrected chi connectivity index (χ1v) is 5.48. The lowest BCUT2D eigenvalue weighted by atomic mass is 10.2. The van der Waals surface area contributed by atoms with Gasteiger partial charge in [0.15, 0.2) is 17.5 Å². The fourth-order valence-corrected chi connectivity index (χ4v) is 1.54. The molecule has 2 aromatic rings. The second-order valence-corrected chi connectivity index (χ2v) is 3.95. The van der Waals surface area contributed by atoms with E-state index in [-0.39, 0.29) is 10.8 Å². The molecule has 0 aliphatic rings. The van der Waals surface area contributed by atoms with Gasteiger partial charge in [-0.25, -0.2) is 18.0 Å². The lowest BCUT2D eigenvalue weighted by Gasteiger charge is -2.07. The number of carbonyl (C=O) groups is 1. The van der Waals surface area contributed by atoms with Gasteiger partial charge in [-0.15, -0.1) is 0 Å². The van der Waals surface area contributed by atoms with E-state index in [1.807, 2.05) is 0 Å². The fraction of sp³-hybridized carbons (Fsp3) is 0. The van der Waals surface area contributed by atoms with Gasteiger partial charge in [0.2, 0.25) is 0 Å². The quantitative estimate of drug-likeness (QED) is 0.474. The van der Waals surface area contributed by atoms with E-state index in [4.69, 9.17) is 16.3 Å². The minimum absolute atomic E-state index is 0.00157. The maximum Gasteiger partial charge on any atom is 0.346 e. The molecule has 0 saturated heterocycles. The van der Waals surface area contributed by atoms with E-state index in [1.165, 1.54) is 12.1 Å². The third kappa shape index (κ3) is 2.71. The average Bonchev–Trinajstić information content (AvgIpc) is 2.39. The first-order valence-electron chi connectivity index (χ1n) is 5.11. The van der Waals surface area contributed by atoms with E-state index in [1.54, 1.807) is 12.1 Å². The van der Waals surface area contributed by atoms with Crippen molar-refractivity contribution >= 4 is 17.6 Å². The van der Waals surface area contributed by atoms with Gasteiger partial charge < -0.3 is 4.74 Å². The molecule has 0 fully saturated rings. The van der Waals surface area contributed by atoms with E-state index in [2.05, 4.69) is 0 Å². The van der Waals surface area contributed by atoms with Crippen LogP contribution in [0.1, 0.15) is 10.4 Å². The molecule has 0 saturated carbocycles. The first-order chi connectivity index (χ1) is 9.00. The molecular weight excluding hydrogens is 281 g/mol. The highest BCUT2D eigenvalue weighted by Crippen LogP contribution is 2.25. The lowest BCUT2D eigenvalue weighted by Crippen LogP contribution is -2.12. The van der Waals surface area contributed by atoms with Crippen LogP contribution in [0.15, 0.2) is 36.4 Å². The zero-order chi connectivity index (χ0) is 14.0. The molecule has 2 rings (SSSR count). The van der Waals surface area contributed by atoms with Crippen molar-refractivity contribution in [2.75, 3.05) is 0 Å². The standard InChI is InChI=1S/C13H6ClF3O2/c14-8-3-1-2-4-10(8)19-13(18)7-5-6-9(15)12(17)11(7)16/h1-6H. The third-order valence-electron chi connectivity index (χ3n) is 2.29. The van der Waals surface area contributed by atoms with Crippen molar-refractivity contribution in [2.45, 2.75) is 0 Å². The summed E-state index contributed by atoms with van der Waals surface area (Å²) in [4.78, 5) is 11.6. The molecule has 0 unspecified atom stereocenters. The number of ether oxygens (including phenoxy) is 1. The van der Waals surface area contributed by atoms with Crippen molar-refractivity contribution in [1.82, 2.24) is 0 Å². The van der Waals surface area contributed by atoms with Crippen LogP contribution in [0.5, 0.6) is 5.75 Å². The summed E-state index contributed by atoms with van der Waals surface area (Å²) in [6.45, 7) is 0. The number of rotatable bonds is 2. The molecule has 6 heteroatoms. The van der Waals surface area contributed by atoms with Gasteiger partial charge in [0.25, 0.3) is 0 Å². The van der Waals surface area contributed by atoms with Crippen LogP contribution in [-0.2, 0) is 0 Å². The van der Waals surface area contributed by atoms with E-state index in [0.717, 1.165) is 6.07 Å². The zero-order valence-corrected chi connectivity index (χ0v) is 10.0. The number of para-hydroxylation sites is 1. The second kappa shape index (κ2) is 5.32. The highest BCUT2D eigenvalue weighted by atomic mass is 35.5. The zero-order valence-electron chi connectivity index (χ0n) is 9.29. The van der Waals surface area contributed by atoms with Crippen molar-refractivity contribution < 1.29 is 22.7 Å². The van der Waals surface area contributed by atoms with E-state index >= 15 is 0 Å². The molecular formula is C13H6ClF3O2. The number of halogens is 4. The molecule has 0 aliphatic heterocycles. The van der Waals surface area contributed by atoms with Gasteiger partial charge in [-0.2, -0.15) is 0 Å². The van der Waals surface area contributed by atoms with E-state index in [9.17, 15) is 18.0 Å². The van der Waals surface area contributed by atoms with Gasteiger partial charge in [-0.3, -0.25) is 0 Å². The summed E-state index contributed by atoms with van der Waals surface area (Å²) < 4.78 is 43.9. The van der Waals surface area contributed by atoms with Crippen LogP contribution in [0.3, 0.4) is 0 Å². The highest BCUT2D eigenvalue weighted by molar-refractivity contribution is 6.32. The Morgan fingerprint density at radius 1 is 1.00 bits per heavy atom. The van der Waals surface area contributed by atoms with Gasteiger partial charge in [0.05, 0.1) is 10.6 Å². The summed E-state index contributed by atoms with van der Waals surface area (Å²) in [6, 6.07) is 7.45. The maximum absolute atomic E-state index is 13.4. The van der Waals surface area contributed by atoms with Crippen molar-refractivity contribution in [3.63, 3.8) is 0 Å². The van der Waals surface area contributed by atoms with Crippen LogP contribution in [-0.4, -0.2) is 5.97 Å². The molecule has 98 valence electrons. The maximum atomic E-state index is 13.4. The molecule has 0 atom stereocenters. The number of benzene rings is 2. The number of hydrogen-bond acceptors (Lipinski definition) is 2. The molecule has 0 bridgehead atoms. The SMILES string of the molecule is O=C(Oc1ccccc1Cl)c1ccc(F)c(F)c1F. The van der Waals surface area contributed by atoms with Crippen LogP contribution in [0.4, 0.5) is 13.2 Å². The largest absolute Gasteiger partial charge is 0.421 e. The van der Waals surface area contributed by atoms with Crippen LogP contribution < -0.4 is 4.74 Å². The Morgan fingerprint density at radius 3 is 2.37 bits per heavy atom. The van der Waals surface area contributed by atoms with Crippen molar-refractivity contribution in [3.05, 3.63) is 64.4 Å². The van der Waals surface area contributed by atoms with E-state index < -0.39 is 29.0 Å². The minimum atomic E-state index is -1.73. The molecule has 0 aliphatic carbocycles. The Bertz CT molecular complexity index is 644. The summed E-state index contributed by atoms with van der Waals surface area (Å²) in [5, 5.41) is 0.138. The average molecular weight is 287 g/mol. The van der Waals surface area contributed by atoms with Crippen LogP contribution in [0.25, 0.3) is 0 Å². The van der Waals surface area contributed by atoms with Crippen molar-refractivity contribution in [1.29, 1.82) is 0 Å². The Labute approximate surface area is 111 Å². The second-order valence-electron chi connectivity index (χ2n) is 3.54. The van der Waals surface area contributed by atoms with Gasteiger partial charge in [0, 0.05) is 0 Å². The van der Waals surface area contributed by atoms with Gasteiger partial charge in [0.1, 0.15) is 5.75 Å². The molecule has 2 nitrogen and oxygen atoms in total. The first kappa shape index (κ1) is 13.4. The van der Waals surface area contributed by atoms with Gasteiger partial charge in [-0.1, -0.05) is 23.7 Å². The Hall–Kier alpha value is -2.01. The monoisotopic (exact) mass is 286 g/mol. The summed E-state index contributed by atoms with van der Waals surface area (Å²) in [7, 11) is 0. The number of esters is 1. The Balaban J connectivity index is 2.31. The van der Waals surface area contributed by atoms with Gasteiger partial charge in [-0.05, 0) is 24.3 Å². The molecule has 0 amide bonds. The summed E-state index contributed by atoms with van der Waals surface area (Å²) in [5.74, 6) is -5.87. The number of carbonyl (C=O) groups excluding carboxylic acids is 1. The van der Waals surface area contributed by atoms with Crippen LogP contribution in [0.2, 0.25) is 5.02 Å². The lowest BCUT2D eigenvalue weighted by molar-refractivity contribution is 0.0728. The predicted octanol–water partition coefficient (Wildman–Crippen LogP) is 3.98. The molecule has 19 heavy (non-hydrogen) atoms. The number of hydrogen-bond donors (Lipinski definition) is 0. The minimum Gasteiger partial charge on any atom is -0.421 e. The van der Waals surface area contributed by atoms with E-state index in [0.29, 0.717) is 6.07 Å². The molecule has 0 radical (unpaired) electrons. The Kier molecular flexibility index (Phi) is 3.76. The molecule has 0 heterocycles. The third-order valence-corrected chi connectivity index (χ3v) is 2.61. The van der Waals surface area contributed by atoms with Crippen LogP contribution >= 0.6 is 11.6 Å². The molecule has 0 aromatic heterocycles. The molecule has 2 aromatic carbocycles. The molecule has 0 N–H and O–H groups in total. The highest BCUT2D eigenvalue weighted by Gasteiger charge is 2.20. The summed E-state index contributed by atoms with van der Waals surface area (Å²) in [6.07, 6.45) is 0. The van der Waals surface area contributed by atoms with Gasteiger partial charge >= 0.3 is 5.97 Å². The Morgan fingerprint density at radius 2 is 1.68 bits per heavy atom.